The van der Waals surface area contributed by atoms with Crippen molar-refractivity contribution in [1.82, 2.24) is 21.3 Å². The molecule has 0 bridgehead atoms. The number of aryl methyl sites for hydroxylation is 1. The summed E-state index contributed by atoms with van der Waals surface area (Å²) in [4.78, 5) is 24.8. The maximum Gasteiger partial charge on any atom is 0.315 e. The van der Waals surface area contributed by atoms with E-state index in [0.717, 1.165) is 25.1 Å². The zero-order chi connectivity index (χ0) is 19.6. The quantitative estimate of drug-likeness (QED) is 0.528. The molecule has 6 nitrogen and oxygen atoms in total. The fourth-order valence-corrected chi connectivity index (χ4v) is 2.95. The second-order valence-electron chi connectivity index (χ2n) is 7.53. The molecule has 0 saturated carbocycles. The van der Waals surface area contributed by atoms with Crippen LogP contribution in [0.25, 0.3) is 0 Å². The van der Waals surface area contributed by atoms with Crippen LogP contribution < -0.4 is 21.3 Å². The Morgan fingerprint density at radius 2 is 1.85 bits per heavy atom. The molecule has 2 rings (SSSR count). The van der Waals surface area contributed by atoms with Crippen molar-refractivity contribution >= 4 is 11.9 Å². The molecule has 1 unspecified atom stereocenters. The number of carbonyl (C=O) groups is 2. The molecule has 1 atom stereocenters. The molecule has 1 aliphatic rings. The Kier molecular flexibility index (Phi) is 8.33. The summed E-state index contributed by atoms with van der Waals surface area (Å²) in [6.45, 7) is 8.88. The van der Waals surface area contributed by atoms with Gasteiger partial charge in [0.2, 0.25) is 5.91 Å². The summed E-state index contributed by atoms with van der Waals surface area (Å²) in [5, 5.41) is 11.9. The van der Waals surface area contributed by atoms with Crippen LogP contribution in [0.1, 0.15) is 37.8 Å². The smallest absolute Gasteiger partial charge is 0.315 e. The van der Waals surface area contributed by atoms with E-state index >= 15 is 0 Å². The highest BCUT2D eigenvalue weighted by atomic mass is 16.2. The molecular weight excluding hydrogens is 340 g/mol. The Balaban J connectivity index is 1.84. The van der Waals surface area contributed by atoms with Crippen molar-refractivity contribution in [3.8, 4) is 0 Å². The third kappa shape index (κ3) is 7.83. The maximum absolute atomic E-state index is 12.6. The summed E-state index contributed by atoms with van der Waals surface area (Å²) < 4.78 is 0. The second-order valence-corrected chi connectivity index (χ2v) is 7.53. The molecule has 0 fully saturated rings. The first-order valence-electron chi connectivity index (χ1n) is 9.70. The van der Waals surface area contributed by atoms with Gasteiger partial charge in [0, 0.05) is 19.6 Å². The largest absolute Gasteiger partial charge is 0.351 e. The van der Waals surface area contributed by atoms with Gasteiger partial charge < -0.3 is 21.3 Å². The average Bonchev–Trinajstić information content (AvgIpc) is 2.65. The summed E-state index contributed by atoms with van der Waals surface area (Å²) in [5.41, 5.74) is 3.44. The number of hydrogen-bond donors (Lipinski definition) is 4. The van der Waals surface area contributed by atoms with Gasteiger partial charge in [0.25, 0.3) is 0 Å². The predicted octanol–water partition coefficient (Wildman–Crippen LogP) is 2.24. The summed E-state index contributed by atoms with van der Waals surface area (Å²) in [6.07, 6.45) is 3.66. The van der Waals surface area contributed by atoms with E-state index in [4.69, 9.17) is 0 Å². The summed E-state index contributed by atoms with van der Waals surface area (Å²) in [7, 11) is 0. The molecule has 0 radical (unpaired) electrons. The molecule has 0 spiro atoms. The van der Waals surface area contributed by atoms with E-state index in [0.29, 0.717) is 25.4 Å². The van der Waals surface area contributed by atoms with Crippen molar-refractivity contribution in [2.75, 3.05) is 19.6 Å². The Bertz CT molecular complexity index is 653. The normalized spacial score (nSPS) is 15.0. The Morgan fingerprint density at radius 3 is 2.48 bits per heavy atom. The minimum atomic E-state index is -0.537. The minimum Gasteiger partial charge on any atom is -0.351 e. The Hall–Kier alpha value is -2.34. The van der Waals surface area contributed by atoms with Gasteiger partial charge in [-0.2, -0.15) is 0 Å². The number of urea groups is 1. The highest BCUT2D eigenvalue weighted by molar-refractivity contribution is 5.87. The van der Waals surface area contributed by atoms with Crippen LogP contribution in [0.15, 0.2) is 35.9 Å². The van der Waals surface area contributed by atoms with Gasteiger partial charge in [-0.15, -0.1) is 0 Å². The highest BCUT2D eigenvalue weighted by Gasteiger charge is 2.22. The van der Waals surface area contributed by atoms with Crippen LogP contribution in [0.3, 0.4) is 0 Å². The van der Waals surface area contributed by atoms with Crippen LogP contribution >= 0.6 is 0 Å². The van der Waals surface area contributed by atoms with Crippen LogP contribution in [0.2, 0.25) is 0 Å². The van der Waals surface area contributed by atoms with E-state index in [1.54, 1.807) is 0 Å². The fourth-order valence-electron chi connectivity index (χ4n) is 2.95. The van der Waals surface area contributed by atoms with E-state index in [1.807, 2.05) is 45.0 Å². The fraction of sp³-hybridized carbons (Fsp3) is 0.524. The Morgan fingerprint density at radius 1 is 1.11 bits per heavy atom. The number of nitrogens with one attached hydrogen (secondary N) is 4. The van der Waals surface area contributed by atoms with E-state index < -0.39 is 6.04 Å². The van der Waals surface area contributed by atoms with Crippen LogP contribution in [0, 0.1) is 12.8 Å². The molecule has 6 heteroatoms. The summed E-state index contributed by atoms with van der Waals surface area (Å²) >= 11 is 0. The topological polar surface area (TPSA) is 82.3 Å². The maximum atomic E-state index is 12.6. The van der Waals surface area contributed by atoms with Crippen molar-refractivity contribution in [3.63, 3.8) is 0 Å². The van der Waals surface area contributed by atoms with Gasteiger partial charge in [-0.05, 0) is 37.8 Å². The van der Waals surface area contributed by atoms with Gasteiger partial charge >= 0.3 is 6.03 Å². The van der Waals surface area contributed by atoms with Crippen molar-refractivity contribution in [1.29, 1.82) is 0 Å². The lowest BCUT2D eigenvalue weighted by Gasteiger charge is -2.21. The molecule has 27 heavy (non-hydrogen) atoms. The van der Waals surface area contributed by atoms with Crippen molar-refractivity contribution in [2.45, 2.75) is 46.2 Å². The average molecular weight is 373 g/mol. The van der Waals surface area contributed by atoms with E-state index in [9.17, 15) is 9.59 Å². The van der Waals surface area contributed by atoms with Gasteiger partial charge in [-0.1, -0.05) is 55.3 Å². The summed E-state index contributed by atoms with van der Waals surface area (Å²) in [5.74, 6) is 0.171. The highest BCUT2D eigenvalue weighted by Crippen LogP contribution is 2.07. The van der Waals surface area contributed by atoms with Crippen LogP contribution in [0.4, 0.5) is 4.79 Å². The monoisotopic (exact) mass is 372 g/mol. The standard InChI is InChI=1S/C21H32N4O2/c1-15(2)12-19(20(26)23-13-18-8-10-22-11-9-18)25-21(27)24-14-17-6-4-16(3)5-7-17/h4-8,15,19,22H,9-14H2,1-3H3,(H,23,26)(H2,24,25,27). The van der Waals surface area contributed by atoms with Crippen LogP contribution in [0.5, 0.6) is 0 Å². The number of amides is 3. The molecule has 0 aromatic heterocycles. The lowest BCUT2D eigenvalue weighted by molar-refractivity contribution is -0.123. The second kappa shape index (κ2) is 10.7. The molecule has 1 aliphatic heterocycles. The third-order valence-corrected chi connectivity index (χ3v) is 4.55. The molecular formula is C21H32N4O2. The lowest BCUT2D eigenvalue weighted by Crippen LogP contribution is -2.50. The lowest BCUT2D eigenvalue weighted by atomic mass is 10.0. The van der Waals surface area contributed by atoms with Gasteiger partial charge in [-0.3, -0.25) is 4.79 Å². The van der Waals surface area contributed by atoms with E-state index in [-0.39, 0.29) is 11.9 Å². The van der Waals surface area contributed by atoms with Gasteiger partial charge in [0.1, 0.15) is 6.04 Å². The molecule has 148 valence electrons. The number of benzene rings is 1. The van der Waals surface area contributed by atoms with E-state index in [2.05, 4.69) is 27.3 Å². The van der Waals surface area contributed by atoms with Crippen LogP contribution in [-0.2, 0) is 11.3 Å². The van der Waals surface area contributed by atoms with Gasteiger partial charge in [0.05, 0.1) is 0 Å². The van der Waals surface area contributed by atoms with Crippen molar-refractivity contribution in [2.24, 2.45) is 5.92 Å². The Labute approximate surface area is 162 Å². The molecule has 0 saturated heterocycles. The van der Waals surface area contributed by atoms with Gasteiger partial charge in [-0.25, -0.2) is 4.79 Å². The predicted molar refractivity (Wildman–Crippen MR) is 108 cm³/mol. The van der Waals surface area contributed by atoms with Gasteiger partial charge in [0.15, 0.2) is 0 Å². The molecule has 3 amide bonds. The number of carbonyl (C=O) groups excluding carboxylic acids is 2. The molecule has 4 N–H and O–H groups in total. The minimum absolute atomic E-state index is 0.131. The first-order chi connectivity index (χ1) is 12.9. The van der Waals surface area contributed by atoms with Crippen LogP contribution in [-0.4, -0.2) is 37.6 Å². The molecule has 1 heterocycles. The third-order valence-electron chi connectivity index (χ3n) is 4.55. The molecule has 0 aliphatic carbocycles. The SMILES string of the molecule is Cc1ccc(CNC(=O)NC(CC(C)C)C(=O)NCC2=CCNCC2)cc1. The number of hydrogen-bond acceptors (Lipinski definition) is 3. The van der Waals surface area contributed by atoms with Crippen molar-refractivity contribution in [3.05, 3.63) is 47.0 Å². The zero-order valence-electron chi connectivity index (χ0n) is 16.6. The van der Waals surface area contributed by atoms with Crippen molar-refractivity contribution < 1.29 is 9.59 Å². The first-order valence-corrected chi connectivity index (χ1v) is 9.70. The van der Waals surface area contributed by atoms with E-state index in [1.165, 1.54) is 11.1 Å². The molecule has 1 aromatic carbocycles. The first kappa shape index (κ1) is 21.0. The summed E-state index contributed by atoms with van der Waals surface area (Å²) in [6, 6.07) is 7.14. The number of rotatable bonds is 8. The zero-order valence-corrected chi connectivity index (χ0v) is 16.6. The molecule has 1 aromatic rings.